The Morgan fingerprint density at radius 1 is 1.10 bits per heavy atom. The summed E-state index contributed by atoms with van der Waals surface area (Å²) in [5, 5.41) is 10.3. The van der Waals surface area contributed by atoms with Crippen LogP contribution in [0.1, 0.15) is 11.3 Å². The highest BCUT2D eigenvalue weighted by atomic mass is 35.5. The second-order valence-electron chi connectivity index (χ2n) is 6.20. The largest absolute Gasteiger partial charge is 0.464 e. The lowest BCUT2D eigenvalue weighted by Gasteiger charge is -2.36. The number of Topliss-reactive ketones (excluding diaryl/α,β-unsaturated/α-hetero) is 1. The van der Waals surface area contributed by atoms with Gasteiger partial charge in [0.1, 0.15) is 11.8 Å². The third-order valence-electron chi connectivity index (χ3n) is 4.19. The van der Waals surface area contributed by atoms with Crippen molar-refractivity contribution >= 4 is 17.4 Å². The zero-order chi connectivity index (χ0) is 21.4. The van der Waals surface area contributed by atoms with Crippen molar-refractivity contribution in [2.75, 3.05) is 6.61 Å². The van der Waals surface area contributed by atoms with Crippen LogP contribution in [0.4, 0.5) is 22.0 Å². The van der Waals surface area contributed by atoms with Crippen molar-refractivity contribution in [2.24, 2.45) is 0 Å². The van der Waals surface area contributed by atoms with Crippen LogP contribution in [0.25, 0.3) is 0 Å². The van der Waals surface area contributed by atoms with E-state index in [4.69, 9.17) is 21.1 Å². The molecule has 1 fully saturated rings. The van der Waals surface area contributed by atoms with Gasteiger partial charge in [0.05, 0.1) is 6.61 Å². The van der Waals surface area contributed by atoms with Gasteiger partial charge in [-0.3, -0.25) is 4.79 Å². The molecule has 1 aliphatic heterocycles. The van der Waals surface area contributed by atoms with E-state index >= 15 is 0 Å². The van der Waals surface area contributed by atoms with Crippen LogP contribution >= 0.6 is 11.6 Å². The van der Waals surface area contributed by atoms with Gasteiger partial charge >= 0.3 is 12.1 Å². The number of carbonyl (C=O) groups excluding carboxylic acids is 1. The summed E-state index contributed by atoms with van der Waals surface area (Å²) in [5.41, 5.74) is -1.79. The minimum atomic E-state index is -4.74. The van der Waals surface area contributed by atoms with Crippen LogP contribution in [0.15, 0.2) is 42.5 Å². The Bertz CT molecular complexity index is 891. The molecule has 1 N–H and O–H groups in total. The average molecular weight is 438 g/mol. The number of ether oxygens (including phenoxy) is 2. The summed E-state index contributed by atoms with van der Waals surface area (Å²) >= 11 is 5.66. The number of nitrogens with zero attached hydrogens (tertiary/aromatic N) is 1. The van der Waals surface area contributed by atoms with Gasteiger partial charge in [-0.05, 0) is 18.2 Å². The van der Waals surface area contributed by atoms with Gasteiger partial charge in [-0.1, -0.05) is 29.8 Å². The SMILES string of the molecule is O=C1[C@@H](Oc2cccc(C(F)(F)F)n2)CO[C@H](C(F)(F)c2ccc(Cl)cc2)[C@@H]1O. The van der Waals surface area contributed by atoms with E-state index in [0.29, 0.717) is 6.07 Å². The second-order valence-corrected chi connectivity index (χ2v) is 6.63. The highest BCUT2D eigenvalue weighted by molar-refractivity contribution is 6.30. The molecule has 0 bridgehead atoms. The number of halogens is 6. The molecule has 3 rings (SSSR count). The van der Waals surface area contributed by atoms with Crippen LogP contribution in [0.2, 0.25) is 5.02 Å². The van der Waals surface area contributed by atoms with Gasteiger partial charge in [0.15, 0.2) is 12.2 Å². The lowest BCUT2D eigenvalue weighted by atomic mass is 9.93. The fourth-order valence-electron chi connectivity index (χ4n) is 2.72. The number of pyridine rings is 1. The predicted octanol–water partition coefficient (Wildman–Crippen LogP) is 3.62. The van der Waals surface area contributed by atoms with Crippen LogP contribution in [0.5, 0.6) is 5.88 Å². The maximum absolute atomic E-state index is 14.7. The van der Waals surface area contributed by atoms with Crippen molar-refractivity contribution in [1.82, 2.24) is 4.98 Å². The third kappa shape index (κ3) is 4.49. The van der Waals surface area contributed by atoms with Gasteiger partial charge in [0, 0.05) is 16.7 Å². The molecule has 2 aromatic rings. The monoisotopic (exact) mass is 437 g/mol. The van der Waals surface area contributed by atoms with E-state index in [1.807, 2.05) is 0 Å². The molecule has 156 valence electrons. The van der Waals surface area contributed by atoms with Gasteiger partial charge < -0.3 is 14.6 Å². The molecule has 1 aliphatic rings. The minimum absolute atomic E-state index is 0.216. The zero-order valence-corrected chi connectivity index (χ0v) is 15.1. The van der Waals surface area contributed by atoms with Gasteiger partial charge in [0.25, 0.3) is 0 Å². The van der Waals surface area contributed by atoms with E-state index in [1.54, 1.807) is 0 Å². The predicted molar refractivity (Wildman–Crippen MR) is 89.8 cm³/mol. The van der Waals surface area contributed by atoms with Crippen molar-refractivity contribution in [3.05, 3.63) is 58.7 Å². The van der Waals surface area contributed by atoms with Crippen LogP contribution in [-0.2, 0) is 21.6 Å². The first-order chi connectivity index (χ1) is 13.5. The maximum Gasteiger partial charge on any atom is 0.433 e. The molecule has 1 saturated heterocycles. The fraction of sp³-hybridized carbons (Fsp3) is 0.333. The molecule has 3 atom stereocenters. The molecule has 0 unspecified atom stereocenters. The van der Waals surface area contributed by atoms with E-state index in [0.717, 1.165) is 24.3 Å². The Balaban J connectivity index is 1.75. The lowest BCUT2D eigenvalue weighted by molar-refractivity contribution is -0.213. The summed E-state index contributed by atoms with van der Waals surface area (Å²) < 4.78 is 77.5. The van der Waals surface area contributed by atoms with Gasteiger partial charge in [-0.15, -0.1) is 0 Å². The van der Waals surface area contributed by atoms with E-state index in [1.165, 1.54) is 12.1 Å². The van der Waals surface area contributed by atoms with Gasteiger partial charge in [-0.2, -0.15) is 22.0 Å². The Kier molecular flexibility index (Phi) is 5.79. The van der Waals surface area contributed by atoms with Crippen molar-refractivity contribution in [3.8, 4) is 5.88 Å². The van der Waals surface area contributed by atoms with Crippen molar-refractivity contribution < 1.29 is 41.3 Å². The summed E-state index contributed by atoms with van der Waals surface area (Å²) in [6.07, 6.45) is -10.8. The molecule has 1 aromatic carbocycles. The quantitative estimate of drug-likeness (QED) is 0.740. The van der Waals surface area contributed by atoms with Crippen LogP contribution in [0.3, 0.4) is 0 Å². The van der Waals surface area contributed by atoms with E-state index in [9.17, 15) is 31.9 Å². The van der Waals surface area contributed by atoms with Crippen LogP contribution in [-0.4, -0.2) is 40.8 Å². The maximum atomic E-state index is 14.7. The molecule has 0 saturated carbocycles. The number of aliphatic hydroxyl groups is 1. The molecule has 29 heavy (non-hydrogen) atoms. The van der Waals surface area contributed by atoms with E-state index in [-0.39, 0.29) is 5.02 Å². The first kappa shape index (κ1) is 21.4. The first-order valence-corrected chi connectivity index (χ1v) is 8.56. The molecule has 5 nitrogen and oxygen atoms in total. The summed E-state index contributed by atoms with van der Waals surface area (Å²) in [5.74, 6) is -5.45. The molecule has 0 aliphatic carbocycles. The number of aliphatic hydroxyl groups excluding tert-OH is 1. The van der Waals surface area contributed by atoms with Crippen molar-refractivity contribution in [2.45, 2.75) is 30.4 Å². The number of aromatic nitrogens is 1. The number of hydrogen-bond donors (Lipinski definition) is 1. The molecule has 0 amide bonds. The van der Waals surface area contributed by atoms with Gasteiger partial charge in [-0.25, -0.2) is 4.98 Å². The summed E-state index contributed by atoms with van der Waals surface area (Å²) in [7, 11) is 0. The smallest absolute Gasteiger partial charge is 0.433 e. The highest BCUT2D eigenvalue weighted by Gasteiger charge is 2.53. The summed E-state index contributed by atoms with van der Waals surface area (Å²) in [6.45, 7) is -0.707. The molecule has 2 heterocycles. The highest BCUT2D eigenvalue weighted by Crippen LogP contribution is 2.38. The Hall–Kier alpha value is -2.30. The Morgan fingerprint density at radius 2 is 1.76 bits per heavy atom. The summed E-state index contributed by atoms with van der Waals surface area (Å²) in [4.78, 5) is 15.5. The Labute approximate surface area is 166 Å². The Morgan fingerprint density at radius 3 is 2.38 bits per heavy atom. The zero-order valence-electron chi connectivity index (χ0n) is 14.4. The standard InChI is InChI=1S/C18H13ClF5NO4/c19-10-6-4-9(5-7-10)17(20,21)16-15(27)14(26)11(8-28-16)29-13-3-1-2-12(25-13)18(22,23)24/h1-7,11,15-16,27H,8H2/t11-,15+,16-/m0/s1. The van der Waals surface area contributed by atoms with Crippen LogP contribution in [0, 0.1) is 0 Å². The van der Waals surface area contributed by atoms with Crippen molar-refractivity contribution in [1.29, 1.82) is 0 Å². The number of ketones is 1. The number of hydrogen-bond acceptors (Lipinski definition) is 5. The fourth-order valence-corrected chi connectivity index (χ4v) is 2.85. The molecule has 11 heteroatoms. The third-order valence-corrected chi connectivity index (χ3v) is 4.44. The number of carbonyl (C=O) groups is 1. The number of alkyl halides is 5. The molecule has 0 radical (unpaired) electrons. The number of rotatable bonds is 4. The molecule has 1 aromatic heterocycles. The normalized spacial score (nSPS) is 23.1. The van der Waals surface area contributed by atoms with E-state index < -0.39 is 59.9 Å². The molecular formula is C18H13ClF5NO4. The lowest BCUT2D eigenvalue weighted by Crippen LogP contribution is -2.57. The van der Waals surface area contributed by atoms with E-state index in [2.05, 4.69) is 4.98 Å². The van der Waals surface area contributed by atoms with Gasteiger partial charge in [0.2, 0.25) is 11.7 Å². The first-order valence-electron chi connectivity index (χ1n) is 8.18. The molecule has 0 spiro atoms. The minimum Gasteiger partial charge on any atom is -0.464 e. The van der Waals surface area contributed by atoms with Crippen LogP contribution < -0.4 is 4.74 Å². The average Bonchev–Trinajstić information content (AvgIpc) is 2.65. The topological polar surface area (TPSA) is 68.7 Å². The van der Waals surface area contributed by atoms with Crippen molar-refractivity contribution in [3.63, 3.8) is 0 Å². The molecular weight excluding hydrogens is 425 g/mol. The number of benzene rings is 1. The summed E-state index contributed by atoms with van der Waals surface area (Å²) in [6, 6.07) is 7.25. The second kappa shape index (κ2) is 7.85.